The Kier molecular flexibility index (Phi) is 3.35. The first-order chi connectivity index (χ1) is 8.64. The van der Waals surface area contributed by atoms with Gasteiger partial charge in [-0.3, -0.25) is 4.98 Å². The van der Waals surface area contributed by atoms with E-state index in [-0.39, 0.29) is 4.90 Å². The van der Waals surface area contributed by atoms with E-state index in [1.165, 1.54) is 0 Å². The average Bonchev–Trinajstić information content (AvgIpc) is 2.32. The molecule has 2 aromatic rings. The molecule has 3 nitrogen and oxygen atoms in total. The van der Waals surface area contributed by atoms with E-state index in [1.807, 2.05) is 6.92 Å². The molecule has 0 radical (unpaired) electrons. The summed E-state index contributed by atoms with van der Waals surface area (Å²) < 4.78 is 24.0. The molecule has 1 aromatic carbocycles. The summed E-state index contributed by atoms with van der Waals surface area (Å²) in [6, 6.07) is 4.89. The fraction of sp³-hybridized carbons (Fsp3) is 0.357. The number of rotatable bonds is 1. The number of aromatic nitrogens is 1. The van der Waals surface area contributed by atoms with Crippen LogP contribution in [0.15, 0.2) is 29.3 Å². The summed E-state index contributed by atoms with van der Waals surface area (Å²) in [5, 5.41) is 1.22. The normalized spacial score (nSPS) is 12.9. The number of aryl methyl sites for hydroxylation is 1. The minimum absolute atomic E-state index is 0.279. The van der Waals surface area contributed by atoms with Crippen molar-refractivity contribution in [2.24, 2.45) is 0 Å². The van der Waals surface area contributed by atoms with E-state index >= 15 is 0 Å². The molecule has 0 saturated heterocycles. The van der Waals surface area contributed by atoms with E-state index < -0.39 is 14.6 Å². The lowest BCUT2D eigenvalue weighted by Crippen LogP contribution is -2.27. The molecule has 0 unspecified atom stereocenters. The van der Waals surface area contributed by atoms with E-state index in [4.69, 9.17) is 11.6 Å². The van der Waals surface area contributed by atoms with Gasteiger partial charge in [0.25, 0.3) is 0 Å². The van der Waals surface area contributed by atoms with Crippen LogP contribution in [0.25, 0.3) is 10.9 Å². The van der Waals surface area contributed by atoms with Crippen LogP contribution in [-0.4, -0.2) is 18.1 Å². The second-order valence-electron chi connectivity index (χ2n) is 5.55. The standard InChI is InChI=1S/C14H16ClNO2S/c1-9-8-16-12-6-5-10(7-11(12)13(9)15)19(17,18)14(2,3)4/h5-8H,1-4H3. The van der Waals surface area contributed by atoms with Crippen LogP contribution >= 0.6 is 11.6 Å². The fourth-order valence-electron chi connectivity index (χ4n) is 1.76. The lowest BCUT2D eigenvalue weighted by atomic mass is 10.2. The minimum Gasteiger partial charge on any atom is -0.256 e. The van der Waals surface area contributed by atoms with Crippen molar-refractivity contribution in [3.63, 3.8) is 0 Å². The molecule has 0 amide bonds. The first kappa shape index (κ1) is 14.3. The second-order valence-corrected chi connectivity index (χ2v) is 8.63. The van der Waals surface area contributed by atoms with Gasteiger partial charge in [0.2, 0.25) is 0 Å². The van der Waals surface area contributed by atoms with Crippen LogP contribution in [0.4, 0.5) is 0 Å². The summed E-state index contributed by atoms with van der Waals surface area (Å²) in [6.45, 7) is 6.90. The highest BCUT2D eigenvalue weighted by Crippen LogP contribution is 2.31. The highest BCUT2D eigenvalue weighted by molar-refractivity contribution is 7.92. The van der Waals surface area contributed by atoms with E-state index in [2.05, 4.69) is 4.98 Å². The van der Waals surface area contributed by atoms with Crippen molar-refractivity contribution >= 4 is 32.3 Å². The molecule has 0 aliphatic heterocycles. The van der Waals surface area contributed by atoms with Gasteiger partial charge in [0.15, 0.2) is 9.84 Å². The minimum atomic E-state index is -3.38. The number of benzene rings is 1. The molecule has 0 saturated carbocycles. The summed E-state index contributed by atoms with van der Waals surface area (Å²) in [6.07, 6.45) is 1.68. The lowest BCUT2D eigenvalue weighted by Gasteiger charge is -2.19. The van der Waals surface area contributed by atoms with Gasteiger partial charge in [-0.2, -0.15) is 0 Å². The number of hydrogen-bond acceptors (Lipinski definition) is 3. The third-order valence-electron chi connectivity index (χ3n) is 3.06. The van der Waals surface area contributed by atoms with Gasteiger partial charge in [-0.25, -0.2) is 8.42 Å². The van der Waals surface area contributed by atoms with Gasteiger partial charge < -0.3 is 0 Å². The van der Waals surface area contributed by atoms with Crippen molar-refractivity contribution in [2.75, 3.05) is 0 Å². The molecule has 1 aromatic heterocycles. The zero-order valence-electron chi connectivity index (χ0n) is 11.4. The summed E-state index contributed by atoms with van der Waals surface area (Å²) in [7, 11) is -3.38. The number of nitrogens with zero attached hydrogens (tertiary/aromatic N) is 1. The van der Waals surface area contributed by atoms with Gasteiger partial charge in [-0.05, 0) is 51.5 Å². The van der Waals surface area contributed by atoms with Crippen molar-refractivity contribution in [3.8, 4) is 0 Å². The molecule has 0 N–H and O–H groups in total. The van der Waals surface area contributed by atoms with E-state index in [0.717, 1.165) is 5.56 Å². The SMILES string of the molecule is Cc1cnc2ccc(S(=O)(=O)C(C)(C)C)cc2c1Cl. The van der Waals surface area contributed by atoms with Gasteiger partial charge in [-0.15, -0.1) is 0 Å². The van der Waals surface area contributed by atoms with Crippen LogP contribution in [0, 0.1) is 6.92 Å². The third kappa shape index (κ3) is 2.35. The van der Waals surface area contributed by atoms with Crippen molar-refractivity contribution in [3.05, 3.63) is 35.0 Å². The van der Waals surface area contributed by atoms with E-state index in [0.29, 0.717) is 15.9 Å². The molecular weight excluding hydrogens is 282 g/mol. The van der Waals surface area contributed by atoms with E-state index in [1.54, 1.807) is 45.2 Å². The van der Waals surface area contributed by atoms with Crippen LogP contribution in [0.2, 0.25) is 5.02 Å². The molecule has 0 aliphatic rings. The third-order valence-corrected chi connectivity index (χ3v) is 6.05. The van der Waals surface area contributed by atoms with Gasteiger partial charge in [0.1, 0.15) is 0 Å². The molecule has 0 atom stereocenters. The van der Waals surface area contributed by atoms with Crippen molar-refractivity contribution in [2.45, 2.75) is 37.3 Å². The quantitative estimate of drug-likeness (QED) is 0.805. The molecule has 19 heavy (non-hydrogen) atoms. The number of hydrogen-bond donors (Lipinski definition) is 0. The smallest absolute Gasteiger partial charge is 0.183 e. The monoisotopic (exact) mass is 297 g/mol. The fourth-order valence-corrected chi connectivity index (χ4v) is 3.19. The molecule has 0 spiro atoms. The summed E-state index contributed by atoms with van der Waals surface area (Å²) >= 11 is 6.23. The Bertz CT molecular complexity index is 746. The first-order valence-corrected chi connectivity index (χ1v) is 7.80. The Morgan fingerprint density at radius 1 is 1.21 bits per heavy atom. The Hall–Kier alpha value is -1.13. The molecule has 5 heteroatoms. The van der Waals surface area contributed by atoms with Crippen LogP contribution in [0.1, 0.15) is 26.3 Å². The highest BCUT2D eigenvalue weighted by Gasteiger charge is 2.31. The maximum absolute atomic E-state index is 12.4. The molecule has 0 aliphatic carbocycles. The zero-order valence-corrected chi connectivity index (χ0v) is 12.9. The zero-order chi connectivity index (χ0) is 14.4. The molecule has 1 heterocycles. The molecular formula is C14H16ClNO2S. The van der Waals surface area contributed by atoms with Gasteiger partial charge in [0.05, 0.1) is 20.2 Å². The average molecular weight is 298 g/mol. The predicted octanol–water partition coefficient (Wildman–Crippen LogP) is 3.77. The topological polar surface area (TPSA) is 47.0 Å². The maximum Gasteiger partial charge on any atom is 0.183 e. The van der Waals surface area contributed by atoms with Crippen LogP contribution in [0.5, 0.6) is 0 Å². The highest BCUT2D eigenvalue weighted by atomic mass is 35.5. The van der Waals surface area contributed by atoms with Crippen LogP contribution < -0.4 is 0 Å². The number of sulfone groups is 1. The Morgan fingerprint density at radius 2 is 1.84 bits per heavy atom. The predicted molar refractivity (Wildman–Crippen MR) is 78.4 cm³/mol. The molecule has 0 fully saturated rings. The summed E-state index contributed by atoms with van der Waals surface area (Å²) in [5.41, 5.74) is 1.53. The lowest BCUT2D eigenvalue weighted by molar-refractivity contribution is 0.560. The van der Waals surface area contributed by atoms with Crippen LogP contribution in [-0.2, 0) is 9.84 Å². The first-order valence-electron chi connectivity index (χ1n) is 5.94. The summed E-state index contributed by atoms with van der Waals surface area (Å²) in [5.74, 6) is 0. The Balaban J connectivity index is 2.76. The van der Waals surface area contributed by atoms with Crippen molar-refractivity contribution in [1.29, 1.82) is 0 Å². The molecule has 102 valence electrons. The maximum atomic E-state index is 12.4. The molecule has 2 rings (SSSR count). The number of halogens is 1. The largest absolute Gasteiger partial charge is 0.256 e. The van der Waals surface area contributed by atoms with E-state index in [9.17, 15) is 8.42 Å². The van der Waals surface area contributed by atoms with Gasteiger partial charge >= 0.3 is 0 Å². The Morgan fingerprint density at radius 3 is 2.42 bits per heavy atom. The Labute approximate surface area is 118 Å². The van der Waals surface area contributed by atoms with Crippen LogP contribution in [0.3, 0.4) is 0 Å². The van der Waals surface area contributed by atoms with Crippen molar-refractivity contribution < 1.29 is 8.42 Å². The summed E-state index contributed by atoms with van der Waals surface area (Å²) in [4.78, 5) is 4.53. The molecule has 0 bridgehead atoms. The number of pyridine rings is 1. The van der Waals surface area contributed by atoms with Gasteiger partial charge in [-0.1, -0.05) is 11.6 Å². The second kappa shape index (κ2) is 4.46. The number of fused-ring (bicyclic) bond motifs is 1. The van der Waals surface area contributed by atoms with Crippen molar-refractivity contribution in [1.82, 2.24) is 4.98 Å². The van der Waals surface area contributed by atoms with Gasteiger partial charge in [0, 0.05) is 11.6 Å².